The highest BCUT2D eigenvalue weighted by molar-refractivity contribution is 5.50. The molecule has 0 saturated heterocycles. The van der Waals surface area contributed by atoms with Crippen molar-refractivity contribution >= 4 is 0 Å². The van der Waals surface area contributed by atoms with Crippen molar-refractivity contribution in [3.05, 3.63) is 17.7 Å². The Kier molecular flexibility index (Phi) is 6.55. The molecule has 0 spiro atoms. The van der Waals surface area contributed by atoms with Crippen molar-refractivity contribution in [1.82, 2.24) is 5.32 Å². The number of methoxy groups -OCH3 is 3. The molecule has 0 fully saturated rings. The fraction of sp³-hybridized carbons (Fsp3) is 0.500. The van der Waals surface area contributed by atoms with E-state index in [2.05, 4.69) is 11.4 Å². The van der Waals surface area contributed by atoms with Gasteiger partial charge < -0.3 is 19.5 Å². The molecule has 0 bridgehead atoms. The third-order valence-corrected chi connectivity index (χ3v) is 2.78. The fourth-order valence-electron chi connectivity index (χ4n) is 1.81. The Balaban J connectivity index is 2.77. The molecule has 1 rings (SSSR count). The molecule has 5 heteroatoms. The van der Waals surface area contributed by atoms with E-state index < -0.39 is 0 Å². The highest BCUT2D eigenvalue weighted by atomic mass is 16.5. The van der Waals surface area contributed by atoms with Crippen molar-refractivity contribution in [3.8, 4) is 23.3 Å². The smallest absolute Gasteiger partial charge is 0.129 e. The van der Waals surface area contributed by atoms with Crippen molar-refractivity contribution in [2.75, 3.05) is 34.4 Å². The minimum absolute atomic E-state index is 0.511. The number of ether oxygens (including phenoxy) is 3. The maximum absolute atomic E-state index is 8.46. The van der Waals surface area contributed by atoms with Gasteiger partial charge in [-0.1, -0.05) is 0 Å². The van der Waals surface area contributed by atoms with Crippen LogP contribution in [0.4, 0.5) is 0 Å². The van der Waals surface area contributed by atoms with Crippen LogP contribution in [0.5, 0.6) is 17.2 Å². The predicted octanol–water partition coefficient (Wildman–Crippen LogP) is 1.76. The molecule has 104 valence electrons. The van der Waals surface area contributed by atoms with Crippen molar-refractivity contribution in [1.29, 1.82) is 5.26 Å². The van der Waals surface area contributed by atoms with Gasteiger partial charge in [0.05, 0.1) is 27.4 Å². The van der Waals surface area contributed by atoms with Crippen LogP contribution in [0.15, 0.2) is 12.1 Å². The highest BCUT2D eigenvalue weighted by Gasteiger charge is 2.12. The summed E-state index contributed by atoms with van der Waals surface area (Å²) in [6, 6.07) is 5.78. The van der Waals surface area contributed by atoms with Gasteiger partial charge in [-0.15, -0.1) is 0 Å². The minimum atomic E-state index is 0.511. The number of hydrogen-bond donors (Lipinski definition) is 1. The van der Waals surface area contributed by atoms with Crippen molar-refractivity contribution < 1.29 is 14.2 Å². The van der Waals surface area contributed by atoms with Crippen LogP contribution in [-0.2, 0) is 6.42 Å². The van der Waals surface area contributed by atoms with E-state index >= 15 is 0 Å². The Morgan fingerprint density at radius 1 is 1.05 bits per heavy atom. The molecule has 0 aliphatic heterocycles. The minimum Gasteiger partial charge on any atom is -0.496 e. The molecule has 0 aromatic heterocycles. The third kappa shape index (κ3) is 4.34. The quantitative estimate of drug-likeness (QED) is 0.725. The Morgan fingerprint density at radius 3 is 2.16 bits per heavy atom. The van der Waals surface area contributed by atoms with Crippen LogP contribution in [0.1, 0.15) is 12.0 Å². The SMILES string of the molecule is COc1cc(OC)c(CCNCCC#N)c(OC)c1. The standard InChI is InChI=1S/C14H20N2O3/c1-17-11-9-13(18-2)12(14(10-11)19-3)5-8-16-7-4-6-15/h9-10,16H,4-5,7-8H2,1-3H3. The number of hydrogen-bond acceptors (Lipinski definition) is 5. The predicted molar refractivity (Wildman–Crippen MR) is 72.9 cm³/mol. The first-order chi connectivity index (χ1) is 9.26. The fourth-order valence-corrected chi connectivity index (χ4v) is 1.81. The number of nitriles is 1. The van der Waals surface area contributed by atoms with Gasteiger partial charge in [0.15, 0.2) is 0 Å². The molecule has 1 aromatic carbocycles. The molecule has 1 aromatic rings. The summed E-state index contributed by atoms with van der Waals surface area (Å²) in [5.41, 5.74) is 0.996. The van der Waals surface area contributed by atoms with Crippen LogP contribution in [0.3, 0.4) is 0 Å². The Bertz CT molecular complexity index is 416. The first kappa shape index (κ1) is 15.1. The zero-order valence-electron chi connectivity index (χ0n) is 11.7. The van der Waals surface area contributed by atoms with Gasteiger partial charge in [0.1, 0.15) is 17.2 Å². The van der Waals surface area contributed by atoms with Crippen molar-refractivity contribution in [2.45, 2.75) is 12.8 Å². The Morgan fingerprint density at radius 2 is 1.68 bits per heavy atom. The van der Waals surface area contributed by atoms with E-state index in [1.165, 1.54) is 0 Å². The summed E-state index contributed by atoms with van der Waals surface area (Å²) >= 11 is 0. The second-order valence-electron chi connectivity index (χ2n) is 3.92. The van der Waals surface area contributed by atoms with Gasteiger partial charge in [0.2, 0.25) is 0 Å². The maximum atomic E-state index is 8.46. The summed E-state index contributed by atoms with van der Waals surface area (Å²) in [4.78, 5) is 0. The largest absolute Gasteiger partial charge is 0.496 e. The summed E-state index contributed by atoms with van der Waals surface area (Å²) in [6.45, 7) is 1.46. The van der Waals surface area contributed by atoms with Crippen LogP contribution >= 0.6 is 0 Å². The molecular formula is C14H20N2O3. The average Bonchev–Trinajstić information content (AvgIpc) is 2.46. The highest BCUT2D eigenvalue weighted by Crippen LogP contribution is 2.34. The summed E-state index contributed by atoms with van der Waals surface area (Å²) < 4.78 is 15.9. The third-order valence-electron chi connectivity index (χ3n) is 2.78. The number of benzene rings is 1. The van der Waals surface area contributed by atoms with Crippen LogP contribution in [0.2, 0.25) is 0 Å². The van der Waals surface area contributed by atoms with E-state index in [1.54, 1.807) is 21.3 Å². The van der Waals surface area contributed by atoms with Crippen LogP contribution < -0.4 is 19.5 Å². The summed E-state index contributed by atoms with van der Waals surface area (Å²) in [5.74, 6) is 2.20. The van der Waals surface area contributed by atoms with Gasteiger partial charge in [-0.3, -0.25) is 0 Å². The number of nitrogens with zero attached hydrogens (tertiary/aromatic N) is 1. The van der Waals surface area contributed by atoms with E-state index in [1.807, 2.05) is 12.1 Å². The Labute approximate surface area is 114 Å². The van der Waals surface area contributed by atoms with Gasteiger partial charge in [0, 0.05) is 30.7 Å². The zero-order valence-corrected chi connectivity index (χ0v) is 11.7. The average molecular weight is 264 g/mol. The molecule has 0 amide bonds. The first-order valence-electron chi connectivity index (χ1n) is 6.13. The lowest BCUT2D eigenvalue weighted by Gasteiger charge is -2.15. The lowest BCUT2D eigenvalue weighted by Crippen LogP contribution is -2.18. The van der Waals surface area contributed by atoms with E-state index in [4.69, 9.17) is 19.5 Å². The Hall–Kier alpha value is -1.93. The summed E-state index contributed by atoms with van der Waals surface area (Å²) in [5, 5.41) is 11.7. The van der Waals surface area contributed by atoms with E-state index in [0.29, 0.717) is 18.7 Å². The molecule has 0 radical (unpaired) electrons. The summed E-state index contributed by atoms with van der Waals surface area (Å²) in [7, 11) is 4.86. The van der Waals surface area contributed by atoms with Crippen LogP contribution in [0, 0.1) is 11.3 Å². The molecule has 1 N–H and O–H groups in total. The monoisotopic (exact) mass is 264 g/mol. The van der Waals surface area contributed by atoms with E-state index in [-0.39, 0.29) is 0 Å². The molecule has 0 unspecified atom stereocenters. The van der Waals surface area contributed by atoms with Crippen LogP contribution in [-0.4, -0.2) is 34.4 Å². The van der Waals surface area contributed by atoms with Crippen molar-refractivity contribution in [2.24, 2.45) is 0 Å². The molecule has 0 aliphatic carbocycles. The van der Waals surface area contributed by atoms with Gasteiger partial charge in [-0.25, -0.2) is 0 Å². The summed E-state index contributed by atoms with van der Waals surface area (Å²) in [6.07, 6.45) is 1.28. The van der Waals surface area contributed by atoms with Gasteiger partial charge >= 0.3 is 0 Å². The van der Waals surface area contributed by atoms with Gasteiger partial charge in [-0.2, -0.15) is 5.26 Å². The lowest BCUT2D eigenvalue weighted by atomic mass is 10.1. The molecule has 19 heavy (non-hydrogen) atoms. The lowest BCUT2D eigenvalue weighted by molar-refractivity contribution is 0.368. The number of nitrogens with one attached hydrogen (secondary N) is 1. The molecule has 0 atom stereocenters. The van der Waals surface area contributed by atoms with E-state index in [0.717, 1.165) is 30.0 Å². The molecular weight excluding hydrogens is 244 g/mol. The molecule has 0 saturated carbocycles. The first-order valence-corrected chi connectivity index (χ1v) is 6.13. The molecule has 0 heterocycles. The zero-order chi connectivity index (χ0) is 14.1. The van der Waals surface area contributed by atoms with Gasteiger partial charge in [-0.05, 0) is 13.0 Å². The second kappa shape index (κ2) is 8.22. The van der Waals surface area contributed by atoms with Crippen molar-refractivity contribution in [3.63, 3.8) is 0 Å². The van der Waals surface area contributed by atoms with Gasteiger partial charge in [0.25, 0.3) is 0 Å². The normalized spacial score (nSPS) is 9.79. The molecule has 5 nitrogen and oxygen atoms in total. The topological polar surface area (TPSA) is 63.5 Å². The second-order valence-corrected chi connectivity index (χ2v) is 3.92. The molecule has 0 aliphatic rings. The number of rotatable bonds is 8. The van der Waals surface area contributed by atoms with E-state index in [9.17, 15) is 0 Å². The van der Waals surface area contributed by atoms with Crippen LogP contribution in [0.25, 0.3) is 0 Å². The maximum Gasteiger partial charge on any atom is 0.129 e.